The normalized spacial score (nSPS) is 11.9. The monoisotopic (exact) mass is 306 g/mol. The Kier molecular flexibility index (Phi) is 4.69. The van der Waals surface area contributed by atoms with Crippen LogP contribution < -0.4 is 5.32 Å². The Hall–Kier alpha value is -1.39. The Morgan fingerprint density at radius 2 is 1.86 bits per heavy atom. The molecule has 1 N–H and O–H groups in total. The van der Waals surface area contributed by atoms with E-state index in [1.54, 1.807) is 0 Å². The van der Waals surface area contributed by atoms with Crippen LogP contribution in [-0.2, 0) is 13.1 Å². The third kappa shape index (κ3) is 4.29. The lowest BCUT2D eigenvalue weighted by Crippen LogP contribution is -2.35. The van der Waals surface area contributed by atoms with Gasteiger partial charge in [-0.2, -0.15) is 5.10 Å². The van der Waals surface area contributed by atoms with Crippen LogP contribution in [0.2, 0.25) is 5.02 Å². The highest BCUT2D eigenvalue weighted by atomic mass is 35.5. The molecule has 0 amide bonds. The summed E-state index contributed by atoms with van der Waals surface area (Å²) < 4.78 is 1.90. The van der Waals surface area contributed by atoms with Crippen molar-refractivity contribution < 1.29 is 0 Å². The first kappa shape index (κ1) is 16.0. The molecule has 2 rings (SSSR count). The zero-order chi connectivity index (χ0) is 15.6. The van der Waals surface area contributed by atoms with Gasteiger partial charge in [0.25, 0.3) is 0 Å². The number of aryl methyl sites for hydroxylation is 1. The van der Waals surface area contributed by atoms with Gasteiger partial charge in [0.2, 0.25) is 0 Å². The Morgan fingerprint density at radius 3 is 2.43 bits per heavy atom. The Labute approximate surface area is 131 Å². The molecule has 0 spiro atoms. The van der Waals surface area contributed by atoms with Crippen molar-refractivity contribution in [1.82, 2.24) is 20.1 Å². The molecule has 0 bridgehead atoms. The number of halogens is 1. The molecule has 0 saturated carbocycles. The predicted molar refractivity (Wildman–Crippen MR) is 86.6 cm³/mol. The predicted octanol–water partition coefficient (Wildman–Crippen LogP) is 3.48. The van der Waals surface area contributed by atoms with Gasteiger partial charge in [0.15, 0.2) is 0 Å². The van der Waals surface area contributed by atoms with E-state index in [1.165, 1.54) is 0 Å². The maximum absolute atomic E-state index is 6.18. The van der Waals surface area contributed by atoms with Gasteiger partial charge in [0.1, 0.15) is 0 Å². The fourth-order valence-electron chi connectivity index (χ4n) is 2.05. The number of nitrogens with one attached hydrogen (secondary N) is 1. The van der Waals surface area contributed by atoms with Gasteiger partial charge in [-0.05, 0) is 46.8 Å². The molecular formula is C16H23ClN4. The molecule has 0 atom stereocenters. The summed E-state index contributed by atoms with van der Waals surface area (Å²) in [6, 6.07) is 6.09. The molecule has 4 nitrogen and oxygen atoms in total. The lowest BCUT2D eigenvalue weighted by molar-refractivity contribution is 0.421. The molecule has 0 aliphatic heterocycles. The van der Waals surface area contributed by atoms with Crippen molar-refractivity contribution >= 4 is 11.6 Å². The van der Waals surface area contributed by atoms with Gasteiger partial charge in [-0.15, -0.1) is 0 Å². The molecule has 21 heavy (non-hydrogen) atoms. The molecule has 0 unspecified atom stereocenters. The van der Waals surface area contributed by atoms with E-state index in [9.17, 15) is 0 Å². The minimum Gasteiger partial charge on any atom is -0.306 e. The van der Waals surface area contributed by atoms with Crippen LogP contribution in [0.5, 0.6) is 0 Å². The minimum atomic E-state index is 0.0842. The largest absolute Gasteiger partial charge is 0.306 e. The summed E-state index contributed by atoms with van der Waals surface area (Å²) in [4.78, 5) is 4.68. The standard InChI is InChI=1S/C16H23ClN4/c1-11-15(17)12(2)21(20-11)10-14-8-6-7-13(19-14)9-18-16(3,4)5/h6-8,18H,9-10H2,1-5H3. The molecular weight excluding hydrogens is 284 g/mol. The van der Waals surface area contributed by atoms with E-state index in [1.807, 2.05) is 36.7 Å². The summed E-state index contributed by atoms with van der Waals surface area (Å²) in [7, 11) is 0. The van der Waals surface area contributed by atoms with Crippen LogP contribution in [-0.4, -0.2) is 20.3 Å². The first-order valence-electron chi connectivity index (χ1n) is 7.15. The second-order valence-corrected chi connectivity index (χ2v) is 6.74. The fourth-order valence-corrected chi connectivity index (χ4v) is 2.19. The molecule has 0 aliphatic carbocycles. The van der Waals surface area contributed by atoms with E-state index < -0.39 is 0 Å². The highest BCUT2D eigenvalue weighted by molar-refractivity contribution is 6.31. The number of hydrogen-bond acceptors (Lipinski definition) is 3. The molecule has 2 aromatic rings. The average molecular weight is 307 g/mol. The highest BCUT2D eigenvalue weighted by Gasteiger charge is 2.11. The summed E-state index contributed by atoms with van der Waals surface area (Å²) in [5, 5.41) is 8.63. The van der Waals surface area contributed by atoms with Crippen molar-refractivity contribution in [1.29, 1.82) is 0 Å². The highest BCUT2D eigenvalue weighted by Crippen LogP contribution is 2.19. The Balaban J connectivity index is 2.12. The van der Waals surface area contributed by atoms with E-state index in [-0.39, 0.29) is 5.54 Å². The third-order valence-corrected chi connectivity index (χ3v) is 3.82. The molecule has 114 valence electrons. The van der Waals surface area contributed by atoms with Crippen LogP contribution >= 0.6 is 11.6 Å². The molecule has 0 radical (unpaired) electrons. The van der Waals surface area contributed by atoms with Gasteiger partial charge in [0.05, 0.1) is 34.3 Å². The zero-order valence-electron chi connectivity index (χ0n) is 13.4. The van der Waals surface area contributed by atoms with Crippen LogP contribution in [0.4, 0.5) is 0 Å². The summed E-state index contributed by atoms with van der Waals surface area (Å²) in [5.74, 6) is 0. The van der Waals surface area contributed by atoms with Gasteiger partial charge < -0.3 is 5.32 Å². The van der Waals surface area contributed by atoms with Crippen molar-refractivity contribution in [2.45, 2.75) is 53.2 Å². The smallest absolute Gasteiger partial charge is 0.0844 e. The number of nitrogens with zero attached hydrogens (tertiary/aromatic N) is 3. The molecule has 0 aromatic carbocycles. The summed E-state index contributed by atoms with van der Waals surface area (Å²) in [5.41, 5.74) is 3.95. The van der Waals surface area contributed by atoms with Gasteiger partial charge in [0, 0.05) is 12.1 Å². The van der Waals surface area contributed by atoms with E-state index in [0.29, 0.717) is 6.54 Å². The van der Waals surface area contributed by atoms with Crippen LogP contribution in [0.3, 0.4) is 0 Å². The number of rotatable bonds is 4. The van der Waals surface area contributed by atoms with Gasteiger partial charge >= 0.3 is 0 Å². The lowest BCUT2D eigenvalue weighted by atomic mass is 10.1. The Bertz CT molecular complexity index is 626. The SMILES string of the molecule is Cc1nn(Cc2cccc(CNC(C)(C)C)n2)c(C)c1Cl. The van der Waals surface area contributed by atoms with Crippen molar-refractivity contribution in [3.8, 4) is 0 Å². The van der Waals surface area contributed by atoms with E-state index >= 15 is 0 Å². The topological polar surface area (TPSA) is 42.7 Å². The van der Waals surface area contributed by atoms with Gasteiger partial charge in [-0.1, -0.05) is 17.7 Å². The van der Waals surface area contributed by atoms with E-state index in [4.69, 9.17) is 11.6 Å². The third-order valence-electron chi connectivity index (χ3n) is 3.27. The zero-order valence-corrected chi connectivity index (χ0v) is 14.1. The van der Waals surface area contributed by atoms with Crippen molar-refractivity contribution in [2.75, 3.05) is 0 Å². The minimum absolute atomic E-state index is 0.0842. The molecule has 0 aliphatic rings. The van der Waals surface area contributed by atoms with Crippen LogP contribution in [0.15, 0.2) is 18.2 Å². The van der Waals surface area contributed by atoms with Crippen LogP contribution in [0.1, 0.15) is 43.5 Å². The molecule has 0 saturated heterocycles. The quantitative estimate of drug-likeness (QED) is 0.940. The summed E-state index contributed by atoms with van der Waals surface area (Å²) in [6.45, 7) is 11.7. The second kappa shape index (κ2) is 6.16. The van der Waals surface area contributed by atoms with E-state index in [2.05, 4.69) is 36.2 Å². The Morgan fingerprint density at radius 1 is 1.19 bits per heavy atom. The van der Waals surface area contributed by atoms with Crippen molar-refractivity contribution in [2.24, 2.45) is 0 Å². The number of aromatic nitrogens is 3. The average Bonchev–Trinajstić information content (AvgIpc) is 2.64. The summed E-state index contributed by atoms with van der Waals surface area (Å²) in [6.07, 6.45) is 0. The van der Waals surface area contributed by atoms with Gasteiger partial charge in [-0.25, -0.2) is 0 Å². The summed E-state index contributed by atoms with van der Waals surface area (Å²) >= 11 is 6.18. The molecule has 5 heteroatoms. The maximum Gasteiger partial charge on any atom is 0.0844 e. The van der Waals surface area contributed by atoms with Crippen LogP contribution in [0, 0.1) is 13.8 Å². The molecule has 2 aromatic heterocycles. The van der Waals surface area contributed by atoms with Crippen molar-refractivity contribution in [3.63, 3.8) is 0 Å². The second-order valence-electron chi connectivity index (χ2n) is 6.37. The number of pyridine rings is 1. The first-order chi connectivity index (χ1) is 9.76. The first-order valence-corrected chi connectivity index (χ1v) is 7.53. The molecule has 0 fully saturated rings. The fraction of sp³-hybridized carbons (Fsp3) is 0.500. The van der Waals surface area contributed by atoms with Gasteiger partial charge in [-0.3, -0.25) is 9.67 Å². The maximum atomic E-state index is 6.18. The lowest BCUT2D eigenvalue weighted by Gasteiger charge is -2.20. The molecule has 2 heterocycles. The van der Waals surface area contributed by atoms with Crippen molar-refractivity contribution in [3.05, 3.63) is 46.0 Å². The number of hydrogen-bond donors (Lipinski definition) is 1. The van der Waals surface area contributed by atoms with E-state index in [0.717, 1.165) is 34.3 Å². The van der Waals surface area contributed by atoms with Crippen LogP contribution in [0.25, 0.3) is 0 Å².